The highest BCUT2D eigenvalue weighted by Gasteiger charge is 2.24. The molecular weight excluding hydrogens is 407 g/mol. The van der Waals surface area contributed by atoms with Gasteiger partial charge in [0.1, 0.15) is 0 Å². The van der Waals surface area contributed by atoms with Crippen LogP contribution >= 0.6 is 34.3 Å². The lowest BCUT2D eigenvalue weighted by Gasteiger charge is -2.20. The summed E-state index contributed by atoms with van der Waals surface area (Å²) in [5, 5.41) is 2.86. The molecule has 0 nitrogen and oxygen atoms in total. The molecule has 0 aromatic heterocycles. The van der Waals surface area contributed by atoms with Gasteiger partial charge < -0.3 is 0 Å². The predicted octanol–water partition coefficient (Wildman–Crippen LogP) is 3.28. The predicted molar refractivity (Wildman–Crippen MR) is 120 cm³/mol. The van der Waals surface area contributed by atoms with Gasteiger partial charge in [-0.1, -0.05) is 76.8 Å². The van der Waals surface area contributed by atoms with Gasteiger partial charge >= 0.3 is 0 Å². The van der Waals surface area contributed by atoms with Crippen LogP contribution in [0.15, 0.2) is 59.0 Å². The van der Waals surface area contributed by atoms with Crippen LogP contribution in [0.25, 0.3) is 0 Å². The second kappa shape index (κ2) is 9.41. The largest absolute Gasteiger partial charge is 0.172 e. The third-order valence-corrected chi connectivity index (χ3v) is 15.7. The van der Waals surface area contributed by atoms with Gasteiger partial charge in [0, 0.05) is 11.8 Å². The smallest absolute Gasteiger partial charge is 0.162 e. The molecule has 2 aromatic rings. The summed E-state index contributed by atoms with van der Waals surface area (Å²) in [6.45, 7) is 4.47. The molecule has 2 rings (SSSR count). The fraction of sp³-hybridized carbons (Fsp3) is 0.222. The minimum atomic E-state index is -1.83. The molecule has 0 heterocycles. The maximum Gasteiger partial charge on any atom is 0.172 e. The quantitative estimate of drug-likeness (QED) is 0.360. The Kier molecular flexibility index (Phi) is 7.85. The fourth-order valence-corrected chi connectivity index (χ4v) is 12.7. The van der Waals surface area contributed by atoms with Gasteiger partial charge in [-0.05, 0) is 11.1 Å². The van der Waals surface area contributed by atoms with Crippen molar-refractivity contribution in [1.82, 2.24) is 0 Å². The Hall–Kier alpha value is -0.299. The van der Waals surface area contributed by atoms with Crippen molar-refractivity contribution in [2.24, 2.45) is 0 Å². The summed E-state index contributed by atoms with van der Waals surface area (Å²) in [5.41, 5.74) is 5.02. The van der Waals surface area contributed by atoms with Crippen molar-refractivity contribution in [3.8, 4) is 0 Å². The average molecular weight is 430 g/mol. The van der Waals surface area contributed by atoms with Crippen molar-refractivity contribution in [3.05, 3.63) is 70.2 Å². The van der Waals surface area contributed by atoms with E-state index in [0.29, 0.717) is 11.8 Å². The number of halogens is 3. The Bertz CT molecular complexity index is 709. The first kappa shape index (κ1) is 20.0. The highest BCUT2D eigenvalue weighted by Crippen LogP contribution is 2.18. The molecule has 6 heteroatoms. The van der Waals surface area contributed by atoms with Gasteiger partial charge in [0.2, 0.25) is 0 Å². The number of hydrogen-bond donors (Lipinski definition) is 0. The number of rotatable bonds is 7. The van der Waals surface area contributed by atoms with Crippen LogP contribution in [-0.2, 0) is 11.8 Å². The van der Waals surface area contributed by atoms with E-state index in [0.717, 1.165) is 0 Å². The minimum absolute atomic E-state index is 0.507. The van der Waals surface area contributed by atoms with Crippen molar-refractivity contribution in [1.29, 1.82) is 0 Å². The van der Waals surface area contributed by atoms with Crippen molar-refractivity contribution in [2.75, 3.05) is 0 Å². The zero-order valence-electron chi connectivity index (χ0n) is 14.2. The van der Waals surface area contributed by atoms with Crippen molar-refractivity contribution < 1.29 is 0 Å². The minimum Gasteiger partial charge on any atom is -0.162 e. The molecule has 0 aliphatic rings. The van der Waals surface area contributed by atoms with Crippen LogP contribution in [0.1, 0.15) is 11.1 Å². The summed E-state index contributed by atoms with van der Waals surface area (Å²) in [6.07, 6.45) is 0. The zero-order valence-corrected chi connectivity index (χ0v) is 20.3. The molecule has 0 saturated heterocycles. The van der Waals surface area contributed by atoms with Crippen molar-refractivity contribution >= 4 is 71.1 Å². The fourth-order valence-electron chi connectivity index (χ4n) is 2.71. The Balaban J connectivity index is 2.29. The van der Waals surface area contributed by atoms with Crippen LogP contribution in [0.4, 0.5) is 0 Å². The molecule has 128 valence electrons. The highest BCUT2D eigenvalue weighted by molar-refractivity contribution is 7.27. The van der Waals surface area contributed by atoms with Crippen molar-refractivity contribution in [2.45, 2.75) is 24.9 Å². The molecule has 0 N–H and O–H groups in total. The van der Waals surface area contributed by atoms with E-state index in [-0.39, 0.29) is 0 Å². The first-order chi connectivity index (χ1) is 11.5. The van der Waals surface area contributed by atoms with Crippen molar-refractivity contribution in [3.63, 3.8) is 0 Å². The molecule has 0 spiro atoms. The summed E-state index contributed by atoms with van der Waals surface area (Å²) in [7, 11) is -2.91. The topological polar surface area (TPSA) is 0 Å². The summed E-state index contributed by atoms with van der Waals surface area (Å²) in [6, 6.07) is 17.1. The van der Waals surface area contributed by atoms with E-state index < -0.39 is 26.4 Å². The van der Waals surface area contributed by atoms with Gasteiger partial charge in [-0.15, -0.1) is 28.9 Å². The van der Waals surface area contributed by atoms with E-state index in [2.05, 4.69) is 67.3 Å². The first-order valence-corrected chi connectivity index (χ1v) is 16.1. The Morgan fingerprint density at radius 3 is 1.96 bits per heavy atom. The van der Waals surface area contributed by atoms with Gasteiger partial charge in [-0.2, -0.15) is 11.1 Å². The molecule has 0 radical (unpaired) electrons. The molecule has 0 bridgehead atoms. The Labute approximate surface area is 165 Å². The maximum absolute atomic E-state index is 6.85. The lowest BCUT2D eigenvalue weighted by Crippen LogP contribution is -2.34. The molecule has 0 fully saturated rings. The second-order valence-electron chi connectivity index (χ2n) is 6.39. The molecule has 0 saturated carbocycles. The summed E-state index contributed by atoms with van der Waals surface area (Å²) in [5.74, 6) is 1.16. The molecule has 24 heavy (non-hydrogen) atoms. The maximum atomic E-state index is 6.85. The SMILES string of the molecule is C[Si](C)(Cl)C(=C[SiH2]c1ccccc1CCl)[SiH2]c1ccccc1CCl. The molecular formula is C18H23Cl3Si3. The lowest BCUT2D eigenvalue weighted by atomic mass is 10.2. The molecule has 0 atom stereocenters. The number of hydrogen-bond acceptors (Lipinski definition) is 0. The monoisotopic (exact) mass is 428 g/mol. The summed E-state index contributed by atoms with van der Waals surface area (Å²) >= 11 is 19.1. The third-order valence-electron chi connectivity index (χ3n) is 4.24. The standard InChI is InChI=1S/C18H23Cl3Si3/c1-24(2,21)18(23-17-10-6-4-8-15(17)12-20)13-22-16-9-5-3-7-14(16)11-19/h3-10,13H,11-12,22-23H2,1-2H3. The van der Waals surface area contributed by atoms with Gasteiger partial charge in [-0.25, -0.2) is 0 Å². The van der Waals surface area contributed by atoms with Gasteiger partial charge in [0.15, 0.2) is 7.38 Å². The van der Waals surface area contributed by atoms with Crippen LogP contribution in [0.5, 0.6) is 0 Å². The van der Waals surface area contributed by atoms with E-state index >= 15 is 0 Å². The lowest BCUT2D eigenvalue weighted by molar-refractivity contribution is 1.44. The van der Waals surface area contributed by atoms with Crippen LogP contribution in [0, 0.1) is 0 Å². The summed E-state index contributed by atoms with van der Waals surface area (Å²) in [4.78, 5) is 1.54. The normalized spacial score (nSPS) is 13.5. The van der Waals surface area contributed by atoms with E-state index in [4.69, 9.17) is 34.3 Å². The second-order valence-corrected chi connectivity index (χ2v) is 17.5. The highest BCUT2D eigenvalue weighted by atomic mass is 35.6. The summed E-state index contributed by atoms with van der Waals surface area (Å²) < 4.78 is 0. The molecule has 0 amide bonds. The van der Waals surface area contributed by atoms with Gasteiger partial charge in [0.05, 0.1) is 19.0 Å². The van der Waals surface area contributed by atoms with Crippen LogP contribution in [0.2, 0.25) is 13.1 Å². The van der Waals surface area contributed by atoms with Crippen LogP contribution < -0.4 is 10.4 Å². The van der Waals surface area contributed by atoms with Gasteiger partial charge in [0.25, 0.3) is 0 Å². The first-order valence-electron chi connectivity index (χ1n) is 8.09. The van der Waals surface area contributed by atoms with E-state index in [9.17, 15) is 0 Å². The molecule has 0 aliphatic heterocycles. The van der Waals surface area contributed by atoms with E-state index in [1.165, 1.54) is 26.3 Å². The van der Waals surface area contributed by atoms with Crippen LogP contribution in [0.3, 0.4) is 0 Å². The van der Waals surface area contributed by atoms with Crippen LogP contribution in [-0.4, -0.2) is 26.4 Å². The van der Waals surface area contributed by atoms with Gasteiger partial charge in [-0.3, -0.25) is 0 Å². The average Bonchev–Trinajstić information content (AvgIpc) is 2.58. The molecule has 0 unspecified atom stereocenters. The molecule has 2 aromatic carbocycles. The third kappa shape index (κ3) is 5.61. The number of benzene rings is 2. The number of alkyl halides is 2. The molecule has 0 aliphatic carbocycles. The Morgan fingerprint density at radius 1 is 0.917 bits per heavy atom. The van der Waals surface area contributed by atoms with E-state index in [1.807, 2.05) is 0 Å². The van der Waals surface area contributed by atoms with E-state index in [1.54, 1.807) is 0 Å². The Morgan fingerprint density at radius 2 is 1.42 bits per heavy atom. The zero-order chi connectivity index (χ0) is 17.6.